The number of hydrogen-bond donors (Lipinski definition) is 0. The van der Waals surface area contributed by atoms with Crippen LogP contribution in [0.1, 0.15) is 51.9 Å². The van der Waals surface area contributed by atoms with Crippen molar-refractivity contribution in [3.05, 3.63) is 11.6 Å². The predicted molar refractivity (Wildman–Crippen MR) is 67.0 cm³/mol. The highest BCUT2D eigenvalue weighted by Gasteiger charge is 2.50. The van der Waals surface area contributed by atoms with Crippen molar-refractivity contribution in [1.29, 1.82) is 0 Å². The topological polar surface area (TPSA) is 0 Å². The van der Waals surface area contributed by atoms with Crippen LogP contribution in [-0.2, 0) is 0 Å². The molecule has 0 aromatic heterocycles. The van der Waals surface area contributed by atoms with Gasteiger partial charge in [0, 0.05) is 0 Å². The average molecular weight is 216 g/mol. The van der Waals surface area contributed by atoms with Crippen molar-refractivity contribution in [1.82, 2.24) is 0 Å². The fraction of sp³-hybridized carbons (Fsp3) is 0.875. The average Bonchev–Trinajstić information content (AvgIpc) is 2.77. The van der Waals surface area contributed by atoms with Gasteiger partial charge in [0.05, 0.1) is 0 Å². The second-order valence-corrected chi connectivity index (χ2v) is 6.89. The Hall–Kier alpha value is -0.260. The second-order valence-electron chi connectivity index (χ2n) is 6.89. The Morgan fingerprint density at radius 3 is 2.75 bits per heavy atom. The fourth-order valence-corrected chi connectivity index (χ4v) is 5.00. The molecule has 4 aliphatic carbocycles. The summed E-state index contributed by atoms with van der Waals surface area (Å²) in [5.74, 6) is 6.71. The van der Waals surface area contributed by atoms with Crippen LogP contribution < -0.4 is 0 Å². The Labute approximate surface area is 99.5 Å². The van der Waals surface area contributed by atoms with Crippen molar-refractivity contribution >= 4 is 0 Å². The largest absolute Gasteiger partial charge is 0.0847 e. The van der Waals surface area contributed by atoms with Crippen molar-refractivity contribution in [3.63, 3.8) is 0 Å². The summed E-state index contributed by atoms with van der Waals surface area (Å²) in [5.41, 5.74) is 1.85. The summed E-state index contributed by atoms with van der Waals surface area (Å²) in [6.07, 6.45) is 13.2. The van der Waals surface area contributed by atoms with E-state index >= 15 is 0 Å². The summed E-state index contributed by atoms with van der Waals surface area (Å²) < 4.78 is 0. The lowest BCUT2D eigenvalue weighted by Crippen LogP contribution is -2.35. The molecule has 0 radical (unpaired) electrons. The van der Waals surface area contributed by atoms with Crippen molar-refractivity contribution < 1.29 is 0 Å². The molecule has 0 saturated heterocycles. The molecule has 0 heteroatoms. The van der Waals surface area contributed by atoms with Crippen LogP contribution in [0.4, 0.5) is 0 Å². The molecule has 0 amide bonds. The number of rotatable bonds is 3. The lowest BCUT2D eigenvalue weighted by atomic mass is 9.62. The van der Waals surface area contributed by atoms with Gasteiger partial charge in [-0.25, -0.2) is 0 Å². The van der Waals surface area contributed by atoms with Crippen LogP contribution in [-0.4, -0.2) is 0 Å². The quantitative estimate of drug-likeness (QED) is 0.613. The Kier molecular flexibility index (Phi) is 2.05. The third-order valence-electron chi connectivity index (χ3n) is 6.31. The van der Waals surface area contributed by atoms with E-state index < -0.39 is 0 Å². The molecule has 0 aromatic carbocycles. The second kappa shape index (κ2) is 3.37. The molecule has 0 aromatic rings. The molecule has 0 N–H and O–H groups in total. The van der Waals surface area contributed by atoms with E-state index in [1.54, 1.807) is 25.7 Å². The summed E-state index contributed by atoms with van der Waals surface area (Å²) in [4.78, 5) is 0. The molecule has 0 nitrogen and oxygen atoms in total. The number of allylic oxidation sites excluding steroid dienone is 2. The van der Waals surface area contributed by atoms with Crippen molar-refractivity contribution in [2.75, 3.05) is 0 Å². The molecule has 0 spiro atoms. The van der Waals surface area contributed by atoms with Crippen LogP contribution in [0.2, 0.25) is 0 Å². The van der Waals surface area contributed by atoms with Crippen LogP contribution in [0.15, 0.2) is 11.6 Å². The van der Waals surface area contributed by atoms with Gasteiger partial charge in [0.15, 0.2) is 0 Å². The first kappa shape index (κ1) is 9.74. The van der Waals surface area contributed by atoms with Gasteiger partial charge in [-0.15, -0.1) is 0 Å². The molecule has 4 aliphatic rings. The highest BCUT2D eigenvalue weighted by atomic mass is 14.5. The molecule has 6 atom stereocenters. The maximum Gasteiger partial charge on any atom is -0.0169 e. The first-order chi connectivity index (χ1) is 7.86. The van der Waals surface area contributed by atoms with Gasteiger partial charge >= 0.3 is 0 Å². The molecule has 6 unspecified atom stereocenters. The number of fused-ring (bicyclic) bond motifs is 2. The maximum absolute atomic E-state index is 2.65. The Morgan fingerprint density at radius 1 is 1.12 bits per heavy atom. The Balaban J connectivity index is 1.33. The fourth-order valence-electron chi connectivity index (χ4n) is 5.00. The van der Waals surface area contributed by atoms with Gasteiger partial charge in [-0.3, -0.25) is 0 Å². The van der Waals surface area contributed by atoms with Gasteiger partial charge in [0.25, 0.3) is 0 Å². The van der Waals surface area contributed by atoms with E-state index in [-0.39, 0.29) is 0 Å². The molecule has 0 aliphatic heterocycles. The Morgan fingerprint density at radius 2 is 2.06 bits per heavy atom. The lowest BCUT2D eigenvalue weighted by molar-refractivity contribution is 0.0744. The van der Waals surface area contributed by atoms with Crippen molar-refractivity contribution in [2.45, 2.75) is 51.9 Å². The van der Waals surface area contributed by atoms with E-state index in [0.717, 1.165) is 35.5 Å². The van der Waals surface area contributed by atoms with Gasteiger partial charge in [-0.05, 0) is 74.0 Å². The monoisotopic (exact) mass is 216 g/mol. The minimum atomic E-state index is 1.09. The van der Waals surface area contributed by atoms with E-state index in [2.05, 4.69) is 13.0 Å². The summed E-state index contributed by atoms with van der Waals surface area (Å²) in [6, 6.07) is 0. The minimum absolute atomic E-state index is 1.09. The molecule has 4 rings (SSSR count). The number of hydrogen-bond acceptors (Lipinski definition) is 0. The van der Waals surface area contributed by atoms with E-state index in [4.69, 9.17) is 0 Å². The van der Waals surface area contributed by atoms with Crippen molar-refractivity contribution in [2.24, 2.45) is 35.5 Å². The minimum Gasteiger partial charge on any atom is -0.0847 e. The molecule has 4 saturated carbocycles. The summed E-state index contributed by atoms with van der Waals surface area (Å²) in [5, 5.41) is 0. The van der Waals surface area contributed by atoms with Crippen LogP contribution >= 0.6 is 0 Å². The standard InChI is InChI=1S/C16H24/c1-2-10-5-6-14-12(8-16(10)14)4-3-11-7-13-9-15(11)13/h3,10,12-16H,2,4-9H2,1H3/b11-3-. The molecule has 4 fully saturated rings. The molecule has 0 heterocycles. The van der Waals surface area contributed by atoms with Crippen LogP contribution in [0.5, 0.6) is 0 Å². The zero-order valence-electron chi connectivity index (χ0n) is 10.5. The third-order valence-corrected chi connectivity index (χ3v) is 6.31. The molecule has 88 valence electrons. The molecule has 16 heavy (non-hydrogen) atoms. The summed E-state index contributed by atoms with van der Waals surface area (Å²) >= 11 is 0. The summed E-state index contributed by atoms with van der Waals surface area (Å²) in [6.45, 7) is 2.39. The third kappa shape index (κ3) is 1.28. The van der Waals surface area contributed by atoms with Crippen LogP contribution in [0, 0.1) is 35.5 Å². The van der Waals surface area contributed by atoms with Gasteiger partial charge in [-0.1, -0.05) is 25.0 Å². The maximum atomic E-state index is 2.65. The molecular weight excluding hydrogens is 192 g/mol. The SMILES string of the molecule is CCC1CCC2C(C/C=C3/CC4CC34)CC12. The zero-order chi connectivity index (χ0) is 10.7. The smallest absolute Gasteiger partial charge is 0.0169 e. The van der Waals surface area contributed by atoms with Crippen LogP contribution in [0.3, 0.4) is 0 Å². The van der Waals surface area contributed by atoms with E-state index in [9.17, 15) is 0 Å². The predicted octanol–water partition coefficient (Wildman–Crippen LogP) is 4.42. The highest BCUT2D eigenvalue weighted by Crippen LogP contribution is 2.61. The first-order valence-corrected chi connectivity index (χ1v) is 7.55. The zero-order valence-corrected chi connectivity index (χ0v) is 10.5. The molecular formula is C16H24. The summed E-state index contributed by atoms with van der Waals surface area (Å²) in [7, 11) is 0. The Bertz CT molecular complexity index is 327. The van der Waals surface area contributed by atoms with Gasteiger partial charge < -0.3 is 0 Å². The highest BCUT2D eigenvalue weighted by molar-refractivity contribution is 5.28. The normalized spacial score (nSPS) is 55.2. The van der Waals surface area contributed by atoms with Crippen LogP contribution in [0.25, 0.3) is 0 Å². The van der Waals surface area contributed by atoms with E-state index in [1.165, 1.54) is 19.3 Å². The first-order valence-electron chi connectivity index (χ1n) is 7.55. The van der Waals surface area contributed by atoms with Gasteiger partial charge in [0.1, 0.15) is 0 Å². The van der Waals surface area contributed by atoms with E-state index in [1.807, 2.05) is 5.57 Å². The van der Waals surface area contributed by atoms with Crippen molar-refractivity contribution in [3.8, 4) is 0 Å². The van der Waals surface area contributed by atoms with E-state index in [0.29, 0.717) is 0 Å². The van der Waals surface area contributed by atoms with Gasteiger partial charge in [0.2, 0.25) is 0 Å². The lowest BCUT2D eigenvalue weighted by Gasteiger charge is -2.43. The van der Waals surface area contributed by atoms with Gasteiger partial charge in [-0.2, -0.15) is 0 Å². The molecule has 0 bridgehead atoms.